The number of H-pyrrole nitrogens is 1. The second-order valence-electron chi connectivity index (χ2n) is 7.81. The van der Waals surface area contributed by atoms with Crippen LogP contribution in [0.2, 0.25) is 0 Å². The second-order valence-corrected chi connectivity index (χ2v) is 8.91. The fraction of sp³-hybridized carbons (Fsp3) is 0.435. The van der Waals surface area contributed by atoms with Crippen LogP contribution in [0.25, 0.3) is 0 Å². The highest BCUT2D eigenvalue weighted by molar-refractivity contribution is 7.98. The molecule has 0 unspecified atom stereocenters. The van der Waals surface area contributed by atoms with Gasteiger partial charge in [0.25, 0.3) is 5.56 Å². The van der Waals surface area contributed by atoms with Gasteiger partial charge in [0, 0.05) is 55.5 Å². The molecular formula is C23H29N5O3S. The molecule has 1 aliphatic heterocycles. The van der Waals surface area contributed by atoms with Crippen molar-refractivity contribution in [1.82, 2.24) is 19.9 Å². The Bertz CT molecular complexity index is 1040. The third-order valence-corrected chi connectivity index (χ3v) is 6.21. The largest absolute Gasteiger partial charge is 0.464 e. The smallest absolute Gasteiger partial charge is 0.255 e. The van der Waals surface area contributed by atoms with Crippen LogP contribution < -0.4 is 10.9 Å². The summed E-state index contributed by atoms with van der Waals surface area (Å²) in [5.41, 5.74) is 2.45. The summed E-state index contributed by atoms with van der Waals surface area (Å²) in [6.45, 7) is 6.98. The molecular weight excluding hydrogens is 426 g/mol. The lowest BCUT2D eigenvalue weighted by Crippen LogP contribution is -2.35. The van der Waals surface area contributed by atoms with Crippen molar-refractivity contribution in [2.24, 2.45) is 0 Å². The van der Waals surface area contributed by atoms with E-state index < -0.39 is 0 Å². The van der Waals surface area contributed by atoms with Crippen molar-refractivity contribution < 1.29 is 9.15 Å². The van der Waals surface area contributed by atoms with E-state index in [1.165, 1.54) is 0 Å². The van der Waals surface area contributed by atoms with Gasteiger partial charge in [-0.3, -0.25) is 19.7 Å². The zero-order valence-corrected chi connectivity index (χ0v) is 19.1. The fourth-order valence-electron chi connectivity index (χ4n) is 3.44. The summed E-state index contributed by atoms with van der Waals surface area (Å²) in [7, 11) is 0. The van der Waals surface area contributed by atoms with Crippen molar-refractivity contribution in [3.05, 3.63) is 75.4 Å². The van der Waals surface area contributed by atoms with Crippen molar-refractivity contribution >= 4 is 17.7 Å². The Morgan fingerprint density at radius 3 is 2.75 bits per heavy atom. The molecule has 0 amide bonds. The number of hydrogen-bond donors (Lipinski definition) is 2. The van der Waals surface area contributed by atoms with Crippen LogP contribution in [-0.4, -0.2) is 58.5 Å². The number of furan rings is 1. The van der Waals surface area contributed by atoms with Gasteiger partial charge in [0.05, 0.1) is 25.5 Å². The van der Waals surface area contributed by atoms with Gasteiger partial charge in [-0.05, 0) is 30.7 Å². The number of aryl methyl sites for hydroxylation is 1. The second kappa shape index (κ2) is 11.3. The molecule has 9 heteroatoms. The van der Waals surface area contributed by atoms with E-state index in [9.17, 15) is 4.79 Å². The maximum Gasteiger partial charge on any atom is 0.255 e. The van der Waals surface area contributed by atoms with Crippen LogP contribution in [0.1, 0.15) is 28.3 Å². The van der Waals surface area contributed by atoms with Gasteiger partial charge >= 0.3 is 0 Å². The van der Waals surface area contributed by atoms with Crippen LogP contribution in [0.15, 0.2) is 45.9 Å². The predicted molar refractivity (Wildman–Crippen MR) is 126 cm³/mol. The molecule has 4 rings (SSSR count). The van der Waals surface area contributed by atoms with Crippen LogP contribution in [-0.2, 0) is 23.5 Å². The minimum atomic E-state index is -0.126. The number of ether oxygens (including phenoxy) is 1. The Balaban J connectivity index is 1.17. The predicted octanol–water partition coefficient (Wildman–Crippen LogP) is 2.83. The monoisotopic (exact) mass is 455 g/mol. The zero-order valence-electron chi connectivity index (χ0n) is 18.3. The third-order valence-electron chi connectivity index (χ3n) is 5.22. The number of hydrogen-bond acceptors (Lipinski definition) is 8. The quantitative estimate of drug-likeness (QED) is 0.451. The van der Waals surface area contributed by atoms with E-state index >= 15 is 0 Å². The van der Waals surface area contributed by atoms with Crippen molar-refractivity contribution in [3.63, 3.8) is 0 Å². The van der Waals surface area contributed by atoms with Gasteiger partial charge < -0.3 is 14.5 Å². The lowest BCUT2D eigenvalue weighted by atomic mass is 10.1. The van der Waals surface area contributed by atoms with Gasteiger partial charge in [-0.25, -0.2) is 4.98 Å². The molecule has 1 aliphatic rings. The van der Waals surface area contributed by atoms with Gasteiger partial charge in [0.2, 0.25) is 5.95 Å². The van der Waals surface area contributed by atoms with E-state index in [0.717, 1.165) is 67.1 Å². The number of nitrogens with zero attached hydrogens (tertiary/aromatic N) is 3. The molecule has 2 N–H and O–H groups in total. The van der Waals surface area contributed by atoms with E-state index in [2.05, 4.69) is 37.3 Å². The summed E-state index contributed by atoms with van der Waals surface area (Å²) in [6, 6.07) is 8.04. The maximum absolute atomic E-state index is 12.3. The molecule has 0 atom stereocenters. The summed E-state index contributed by atoms with van der Waals surface area (Å²) in [5.74, 6) is 4.17. The van der Waals surface area contributed by atoms with Gasteiger partial charge in [0.1, 0.15) is 11.5 Å². The van der Waals surface area contributed by atoms with Crippen molar-refractivity contribution in [1.29, 1.82) is 0 Å². The van der Waals surface area contributed by atoms with Crippen LogP contribution in [0.3, 0.4) is 0 Å². The lowest BCUT2D eigenvalue weighted by molar-refractivity contribution is 0.0312. The fourth-order valence-corrected chi connectivity index (χ4v) is 4.19. The average Bonchev–Trinajstić information content (AvgIpc) is 3.24. The standard InChI is InChI=1S/C23H29N5O3S/c1-17-2-3-18(13-25-17)12-19-14-26-23(27-22(19)29)24-6-11-32-16-21-5-4-20(31-21)15-28-7-9-30-10-8-28/h2-5,13-14H,6-12,15-16H2,1H3,(H2,24,26,27,29). The first kappa shape index (κ1) is 22.6. The Labute approximate surface area is 191 Å². The topological polar surface area (TPSA) is 96.3 Å². The van der Waals surface area contributed by atoms with Crippen LogP contribution >= 0.6 is 11.8 Å². The Hall–Kier alpha value is -2.62. The minimum Gasteiger partial charge on any atom is -0.464 e. The summed E-state index contributed by atoms with van der Waals surface area (Å²) in [5, 5.41) is 3.18. The first-order chi connectivity index (χ1) is 15.7. The van der Waals surface area contributed by atoms with Gasteiger partial charge in [-0.2, -0.15) is 11.8 Å². The number of pyridine rings is 1. The first-order valence-corrected chi connectivity index (χ1v) is 12.0. The summed E-state index contributed by atoms with van der Waals surface area (Å²) in [4.78, 5) is 26.1. The number of rotatable bonds is 10. The molecule has 170 valence electrons. The first-order valence-electron chi connectivity index (χ1n) is 10.8. The van der Waals surface area contributed by atoms with Crippen LogP contribution in [0.5, 0.6) is 0 Å². The SMILES string of the molecule is Cc1ccc(Cc2cnc(NCCSCc3ccc(CN4CCOCC4)o3)[nH]c2=O)cn1. The molecule has 0 saturated carbocycles. The Kier molecular flexibility index (Phi) is 7.97. The number of aromatic nitrogens is 3. The molecule has 3 aromatic heterocycles. The third kappa shape index (κ3) is 6.69. The molecule has 0 radical (unpaired) electrons. The van der Waals surface area contributed by atoms with E-state index in [0.29, 0.717) is 24.5 Å². The number of thioether (sulfide) groups is 1. The number of nitrogens with one attached hydrogen (secondary N) is 2. The maximum atomic E-state index is 12.3. The van der Waals surface area contributed by atoms with Gasteiger partial charge in [0.15, 0.2) is 0 Å². The minimum absolute atomic E-state index is 0.126. The number of aromatic amines is 1. The molecule has 0 bridgehead atoms. The summed E-state index contributed by atoms with van der Waals surface area (Å²) < 4.78 is 11.3. The van der Waals surface area contributed by atoms with E-state index in [1.54, 1.807) is 24.2 Å². The van der Waals surface area contributed by atoms with Crippen LogP contribution in [0, 0.1) is 6.92 Å². The summed E-state index contributed by atoms with van der Waals surface area (Å²) >= 11 is 1.78. The van der Waals surface area contributed by atoms with Gasteiger partial charge in [-0.1, -0.05) is 6.07 Å². The molecule has 1 saturated heterocycles. The molecule has 0 aromatic carbocycles. The highest BCUT2D eigenvalue weighted by Crippen LogP contribution is 2.17. The number of morpholine rings is 1. The normalized spacial score (nSPS) is 14.5. The molecule has 3 aromatic rings. The molecule has 32 heavy (non-hydrogen) atoms. The zero-order chi connectivity index (χ0) is 22.2. The van der Waals surface area contributed by atoms with Crippen molar-refractivity contribution in [3.8, 4) is 0 Å². The average molecular weight is 456 g/mol. The molecule has 0 aliphatic carbocycles. The molecule has 8 nitrogen and oxygen atoms in total. The lowest BCUT2D eigenvalue weighted by Gasteiger charge is -2.25. The molecule has 1 fully saturated rings. The summed E-state index contributed by atoms with van der Waals surface area (Å²) in [6.07, 6.45) is 3.94. The Morgan fingerprint density at radius 1 is 1.12 bits per heavy atom. The van der Waals surface area contributed by atoms with Gasteiger partial charge in [-0.15, -0.1) is 0 Å². The highest BCUT2D eigenvalue weighted by Gasteiger charge is 2.13. The number of anilines is 1. The Morgan fingerprint density at radius 2 is 1.97 bits per heavy atom. The van der Waals surface area contributed by atoms with Crippen molar-refractivity contribution in [2.75, 3.05) is 43.9 Å². The van der Waals surface area contributed by atoms with E-state index in [4.69, 9.17) is 9.15 Å². The molecule has 0 spiro atoms. The molecule has 4 heterocycles. The van der Waals surface area contributed by atoms with Crippen LogP contribution in [0.4, 0.5) is 5.95 Å². The van der Waals surface area contributed by atoms with E-state index in [-0.39, 0.29) is 5.56 Å². The van der Waals surface area contributed by atoms with Crippen molar-refractivity contribution in [2.45, 2.75) is 25.6 Å². The highest BCUT2D eigenvalue weighted by atomic mass is 32.2. The van der Waals surface area contributed by atoms with E-state index in [1.807, 2.05) is 19.1 Å².